The monoisotopic (exact) mass is 289 g/mol. The fraction of sp³-hybridized carbons (Fsp3) is 0.417. The highest BCUT2D eigenvalue weighted by atomic mass is 32.2. The van der Waals surface area contributed by atoms with E-state index in [-0.39, 0.29) is 16.5 Å². The Hall–Kier alpha value is -1.47. The van der Waals surface area contributed by atoms with Crippen LogP contribution in [0.15, 0.2) is 17.0 Å². The van der Waals surface area contributed by atoms with Gasteiger partial charge in [-0.15, -0.1) is 0 Å². The van der Waals surface area contributed by atoms with Crippen LogP contribution >= 0.6 is 0 Å². The highest BCUT2D eigenvalue weighted by molar-refractivity contribution is 7.89. The molecule has 0 aliphatic carbocycles. The summed E-state index contributed by atoms with van der Waals surface area (Å²) in [5.74, 6) is -2.41. The van der Waals surface area contributed by atoms with Crippen molar-refractivity contribution in [1.29, 1.82) is 0 Å². The van der Waals surface area contributed by atoms with Gasteiger partial charge in [-0.1, -0.05) is 0 Å². The summed E-state index contributed by atoms with van der Waals surface area (Å²) in [4.78, 5) is 10.7. The molecule has 0 aliphatic heterocycles. The minimum atomic E-state index is -3.83. The molecule has 0 aliphatic rings. The van der Waals surface area contributed by atoms with Gasteiger partial charge >= 0.3 is 5.97 Å². The van der Waals surface area contributed by atoms with Crippen LogP contribution in [0, 0.1) is 12.7 Å². The molecule has 0 amide bonds. The minimum absolute atomic E-state index is 0.0179. The molecular weight excluding hydrogens is 273 g/mol. The van der Waals surface area contributed by atoms with Gasteiger partial charge in [0.05, 0.1) is 10.5 Å². The number of benzene rings is 1. The average molecular weight is 289 g/mol. The van der Waals surface area contributed by atoms with Crippen LogP contribution in [-0.2, 0) is 10.0 Å². The summed E-state index contributed by atoms with van der Waals surface area (Å²) in [6.07, 6.45) is 0. The third-order valence-electron chi connectivity index (χ3n) is 2.86. The lowest BCUT2D eigenvalue weighted by Gasteiger charge is -2.21. The van der Waals surface area contributed by atoms with Crippen molar-refractivity contribution in [2.24, 2.45) is 0 Å². The first-order valence-electron chi connectivity index (χ1n) is 5.60. The van der Waals surface area contributed by atoms with Gasteiger partial charge in [-0.3, -0.25) is 0 Å². The molecule has 0 bridgehead atoms. The van der Waals surface area contributed by atoms with Crippen LogP contribution in [0.1, 0.15) is 29.8 Å². The van der Waals surface area contributed by atoms with Crippen molar-refractivity contribution in [1.82, 2.24) is 4.31 Å². The van der Waals surface area contributed by atoms with E-state index in [1.54, 1.807) is 13.8 Å². The molecule has 0 heterocycles. The number of halogens is 1. The second-order valence-corrected chi connectivity index (χ2v) is 6.52. The van der Waals surface area contributed by atoms with Gasteiger partial charge in [0.15, 0.2) is 0 Å². The molecule has 1 rings (SSSR count). The normalized spacial score (nSPS) is 12.2. The molecule has 0 atom stereocenters. The maximum absolute atomic E-state index is 13.6. The zero-order valence-corrected chi connectivity index (χ0v) is 12.0. The fourth-order valence-corrected chi connectivity index (χ4v) is 2.96. The lowest BCUT2D eigenvalue weighted by atomic mass is 10.1. The molecular formula is C12H16FNO4S. The minimum Gasteiger partial charge on any atom is -0.478 e. The number of aryl methyl sites for hydroxylation is 1. The smallest absolute Gasteiger partial charge is 0.338 e. The predicted molar refractivity (Wildman–Crippen MR) is 68.2 cm³/mol. The van der Waals surface area contributed by atoms with Gasteiger partial charge in [-0.25, -0.2) is 17.6 Å². The Labute approximate surface area is 111 Å². The maximum atomic E-state index is 13.6. The predicted octanol–water partition coefficient (Wildman–Crippen LogP) is 1.86. The Morgan fingerprint density at radius 1 is 1.37 bits per heavy atom. The Morgan fingerprint density at radius 3 is 2.32 bits per heavy atom. The zero-order chi connectivity index (χ0) is 15.0. The summed E-state index contributed by atoms with van der Waals surface area (Å²) in [5, 5.41) is 8.88. The number of hydrogen-bond donors (Lipinski definition) is 1. The number of carboxylic acids is 1. The van der Waals surface area contributed by atoms with Crippen LogP contribution in [0.5, 0.6) is 0 Å². The van der Waals surface area contributed by atoms with E-state index in [9.17, 15) is 17.6 Å². The molecule has 0 unspecified atom stereocenters. The summed E-state index contributed by atoms with van der Waals surface area (Å²) in [7, 11) is -2.44. The number of hydrogen-bond acceptors (Lipinski definition) is 3. The Balaban J connectivity index is 3.49. The molecule has 19 heavy (non-hydrogen) atoms. The second-order valence-electron chi connectivity index (χ2n) is 4.52. The number of carboxylic acid groups (broad SMARTS) is 1. The largest absolute Gasteiger partial charge is 0.478 e. The molecule has 1 N–H and O–H groups in total. The molecule has 0 spiro atoms. The summed E-state index contributed by atoms with van der Waals surface area (Å²) >= 11 is 0. The van der Waals surface area contributed by atoms with Crippen molar-refractivity contribution >= 4 is 16.0 Å². The van der Waals surface area contributed by atoms with Crippen LogP contribution in [0.3, 0.4) is 0 Å². The van der Waals surface area contributed by atoms with E-state index < -0.39 is 27.4 Å². The fourth-order valence-electron chi connectivity index (χ4n) is 1.48. The Morgan fingerprint density at radius 2 is 1.89 bits per heavy atom. The van der Waals surface area contributed by atoms with Gasteiger partial charge in [0.1, 0.15) is 5.82 Å². The quantitative estimate of drug-likeness (QED) is 0.918. The molecule has 0 aromatic heterocycles. The van der Waals surface area contributed by atoms with Crippen molar-refractivity contribution in [3.05, 3.63) is 29.1 Å². The third-order valence-corrected chi connectivity index (χ3v) is 4.87. The zero-order valence-electron chi connectivity index (χ0n) is 11.1. The first kappa shape index (κ1) is 15.6. The lowest BCUT2D eigenvalue weighted by Crippen LogP contribution is -2.33. The van der Waals surface area contributed by atoms with Crippen molar-refractivity contribution in [3.8, 4) is 0 Å². The van der Waals surface area contributed by atoms with E-state index >= 15 is 0 Å². The van der Waals surface area contributed by atoms with E-state index in [4.69, 9.17) is 5.11 Å². The standard InChI is InChI=1S/C12H16FNO4S/c1-7(2)14(4)19(17,18)9-5-8(3)11(13)10(6-9)12(15)16/h5-7H,1-4H3,(H,15,16). The topological polar surface area (TPSA) is 74.7 Å². The number of nitrogens with zero attached hydrogens (tertiary/aromatic N) is 1. The van der Waals surface area contributed by atoms with Gasteiger partial charge in [0, 0.05) is 13.1 Å². The van der Waals surface area contributed by atoms with E-state index in [2.05, 4.69) is 0 Å². The average Bonchev–Trinajstić information content (AvgIpc) is 2.30. The SMILES string of the molecule is Cc1cc(S(=O)(=O)N(C)C(C)C)cc(C(=O)O)c1F. The van der Waals surface area contributed by atoms with Crippen LogP contribution in [0.2, 0.25) is 0 Å². The summed E-state index contributed by atoms with van der Waals surface area (Å²) in [6, 6.07) is 1.69. The Bertz CT molecular complexity index is 610. The third kappa shape index (κ3) is 2.93. The molecule has 106 valence electrons. The first-order chi connectivity index (χ1) is 8.59. The summed E-state index contributed by atoms with van der Waals surface area (Å²) < 4.78 is 39.1. The highest BCUT2D eigenvalue weighted by Gasteiger charge is 2.26. The maximum Gasteiger partial charge on any atom is 0.338 e. The number of carbonyl (C=O) groups is 1. The first-order valence-corrected chi connectivity index (χ1v) is 7.04. The van der Waals surface area contributed by atoms with Crippen molar-refractivity contribution in [3.63, 3.8) is 0 Å². The van der Waals surface area contributed by atoms with Crippen LogP contribution in [0.4, 0.5) is 4.39 Å². The van der Waals surface area contributed by atoms with Gasteiger partial charge in [-0.05, 0) is 38.5 Å². The number of rotatable bonds is 4. The molecule has 1 aromatic carbocycles. The molecule has 0 saturated carbocycles. The molecule has 0 fully saturated rings. The number of aromatic carboxylic acids is 1. The van der Waals surface area contributed by atoms with Crippen LogP contribution in [0.25, 0.3) is 0 Å². The van der Waals surface area contributed by atoms with E-state index in [1.807, 2.05) is 0 Å². The molecule has 5 nitrogen and oxygen atoms in total. The van der Waals surface area contributed by atoms with E-state index in [1.165, 1.54) is 14.0 Å². The summed E-state index contributed by atoms with van der Waals surface area (Å²) in [6.45, 7) is 4.70. The van der Waals surface area contributed by atoms with Crippen molar-refractivity contribution < 1.29 is 22.7 Å². The Kier molecular flexibility index (Phi) is 4.32. The molecule has 0 saturated heterocycles. The van der Waals surface area contributed by atoms with Gasteiger partial charge in [-0.2, -0.15) is 4.31 Å². The molecule has 0 radical (unpaired) electrons. The number of sulfonamides is 1. The van der Waals surface area contributed by atoms with E-state index in [0.29, 0.717) is 0 Å². The van der Waals surface area contributed by atoms with E-state index in [0.717, 1.165) is 16.4 Å². The van der Waals surface area contributed by atoms with Gasteiger partial charge < -0.3 is 5.11 Å². The lowest BCUT2D eigenvalue weighted by molar-refractivity contribution is 0.0691. The van der Waals surface area contributed by atoms with Crippen molar-refractivity contribution in [2.75, 3.05) is 7.05 Å². The van der Waals surface area contributed by atoms with Gasteiger partial charge in [0.25, 0.3) is 0 Å². The molecule has 7 heteroatoms. The molecule has 1 aromatic rings. The van der Waals surface area contributed by atoms with Crippen LogP contribution < -0.4 is 0 Å². The van der Waals surface area contributed by atoms with Gasteiger partial charge in [0.2, 0.25) is 10.0 Å². The second kappa shape index (κ2) is 5.26. The van der Waals surface area contributed by atoms with Crippen LogP contribution in [-0.4, -0.2) is 36.9 Å². The highest BCUT2D eigenvalue weighted by Crippen LogP contribution is 2.22. The summed E-state index contributed by atoms with van der Waals surface area (Å²) in [5.41, 5.74) is -0.661. The van der Waals surface area contributed by atoms with Crippen molar-refractivity contribution in [2.45, 2.75) is 31.7 Å².